The highest BCUT2D eigenvalue weighted by Gasteiger charge is 2.21. The lowest BCUT2D eigenvalue weighted by Gasteiger charge is -2.16. The van der Waals surface area contributed by atoms with Gasteiger partial charge >= 0.3 is 0 Å². The zero-order valence-corrected chi connectivity index (χ0v) is 13.1. The molecule has 1 atom stereocenters. The fraction of sp³-hybridized carbons (Fsp3) is 0.500. The van der Waals surface area contributed by atoms with Gasteiger partial charge in [0.1, 0.15) is 6.10 Å². The highest BCUT2D eigenvalue weighted by atomic mass is 16.5. The summed E-state index contributed by atoms with van der Waals surface area (Å²) >= 11 is 0. The minimum absolute atomic E-state index is 0.119. The number of hydrogen-bond donors (Lipinski definition) is 1. The summed E-state index contributed by atoms with van der Waals surface area (Å²) in [6.45, 7) is 9.34. The zero-order chi connectivity index (χ0) is 15.2. The molecule has 1 heterocycles. The maximum atomic E-state index is 5.67. The molecule has 0 bridgehead atoms. The molecule has 0 aliphatic heterocycles. The molecule has 1 aromatic carbocycles. The van der Waals surface area contributed by atoms with Crippen molar-refractivity contribution >= 4 is 5.69 Å². The minimum atomic E-state index is -0.119. The highest BCUT2D eigenvalue weighted by molar-refractivity contribution is 5.44. The first-order valence-electron chi connectivity index (χ1n) is 7.34. The predicted molar refractivity (Wildman–Crippen MR) is 82.0 cm³/mol. The van der Waals surface area contributed by atoms with E-state index in [9.17, 15) is 0 Å². The normalized spacial score (nSPS) is 12.6. The molecular weight excluding hydrogens is 266 g/mol. The van der Waals surface area contributed by atoms with Crippen molar-refractivity contribution in [3.05, 3.63) is 41.5 Å². The summed E-state index contributed by atoms with van der Waals surface area (Å²) in [6, 6.07) is 8.18. The lowest BCUT2D eigenvalue weighted by Crippen LogP contribution is -2.13. The van der Waals surface area contributed by atoms with E-state index in [0.717, 1.165) is 5.69 Å². The molecule has 0 amide bonds. The molecule has 1 aromatic heterocycles. The van der Waals surface area contributed by atoms with Crippen molar-refractivity contribution in [2.75, 3.05) is 11.9 Å². The first-order chi connectivity index (χ1) is 10.1. The van der Waals surface area contributed by atoms with Crippen molar-refractivity contribution in [2.24, 2.45) is 5.92 Å². The van der Waals surface area contributed by atoms with Crippen molar-refractivity contribution in [1.29, 1.82) is 0 Å². The van der Waals surface area contributed by atoms with Crippen LogP contribution in [0.3, 0.4) is 0 Å². The number of hydrogen-bond acceptors (Lipinski definition) is 5. The first-order valence-corrected chi connectivity index (χ1v) is 7.34. The van der Waals surface area contributed by atoms with E-state index in [1.807, 2.05) is 19.1 Å². The Morgan fingerprint density at radius 2 is 1.95 bits per heavy atom. The van der Waals surface area contributed by atoms with Gasteiger partial charge in [-0.05, 0) is 31.9 Å². The maximum absolute atomic E-state index is 5.67. The van der Waals surface area contributed by atoms with Crippen LogP contribution in [0.4, 0.5) is 5.69 Å². The van der Waals surface area contributed by atoms with Crippen LogP contribution in [0, 0.1) is 12.8 Å². The molecule has 0 radical (unpaired) electrons. The smallest absolute Gasteiger partial charge is 0.246 e. The summed E-state index contributed by atoms with van der Waals surface area (Å²) in [5.74, 6) is 1.49. The second kappa shape index (κ2) is 7.22. The fourth-order valence-electron chi connectivity index (χ4n) is 2.05. The van der Waals surface area contributed by atoms with E-state index in [-0.39, 0.29) is 6.10 Å². The molecule has 21 heavy (non-hydrogen) atoms. The number of aromatic nitrogens is 2. The Morgan fingerprint density at radius 1 is 1.24 bits per heavy atom. The van der Waals surface area contributed by atoms with E-state index >= 15 is 0 Å². The molecule has 0 aliphatic rings. The van der Waals surface area contributed by atoms with Crippen LogP contribution in [0.5, 0.6) is 0 Å². The predicted octanol–water partition coefficient (Wildman–Crippen LogP) is 3.72. The van der Waals surface area contributed by atoms with E-state index in [0.29, 0.717) is 30.8 Å². The van der Waals surface area contributed by atoms with Crippen molar-refractivity contribution in [3.8, 4) is 0 Å². The van der Waals surface area contributed by atoms with Crippen molar-refractivity contribution in [2.45, 2.75) is 40.3 Å². The number of aryl methyl sites for hydroxylation is 1. The number of nitrogens with zero attached hydrogens (tertiary/aromatic N) is 2. The van der Waals surface area contributed by atoms with Crippen molar-refractivity contribution < 1.29 is 9.26 Å². The van der Waals surface area contributed by atoms with E-state index in [1.54, 1.807) is 0 Å². The van der Waals surface area contributed by atoms with Crippen molar-refractivity contribution in [1.82, 2.24) is 10.1 Å². The van der Waals surface area contributed by atoms with Gasteiger partial charge in [0.25, 0.3) is 0 Å². The monoisotopic (exact) mass is 289 g/mol. The molecule has 5 nitrogen and oxygen atoms in total. The lowest BCUT2D eigenvalue weighted by molar-refractivity contribution is 0.0217. The van der Waals surface area contributed by atoms with Crippen LogP contribution in [0.15, 0.2) is 28.8 Å². The number of rotatable bonds is 7. The van der Waals surface area contributed by atoms with Gasteiger partial charge in [-0.2, -0.15) is 4.98 Å². The van der Waals surface area contributed by atoms with Gasteiger partial charge in [0, 0.05) is 12.3 Å². The molecule has 1 N–H and O–H groups in total. The quantitative estimate of drug-likeness (QED) is 0.841. The van der Waals surface area contributed by atoms with Crippen LogP contribution in [0.1, 0.15) is 44.2 Å². The molecule has 5 heteroatoms. The van der Waals surface area contributed by atoms with Gasteiger partial charge < -0.3 is 14.6 Å². The molecule has 114 valence electrons. The Morgan fingerprint density at radius 3 is 2.57 bits per heavy atom. The molecule has 1 unspecified atom stereocenters. The molecule has 0 saturated carbocycles. The first kappa shape index (κ1) is 15.5. The van der Waals surface area contributed by atoms with Crippen LogP contribution in [-0.4, -0.2) is 16.7 Å². The number of anilines is 1. The molecule has 0 aliphatic carbocycles. The third kappa shape index (κ3) is 4.29. The van der Waals surface area contributed by atoms with E-state index in [1.165, 1.54) is 5.56 Å². The van der Waals surface area contributed by atoms with Gasteiger partial charge in [0.15, 0.2) is 0 Å². The molecule has 0 fully saturated rings. The van der Waals surface area contributed by atoms with Gasteiger partial charge in [0.2, 0.25) is 11.7 Å². The Kier molecular flexibility index (Phi) is 5.33. The lowest BCUT2D eigenvalue weighted by atomic mass is 10.1. The fourth-order valence-corrected chi connectivity index (χ4v) is 2.05. The van der Waals surface area contributed by atoms with Crippen molar-refractivity contribution in [3.63, 3.8) is 0 Å². The molecule has 0 saturated heterocycles. The highest BCUT2D eigenvalue weighted by Crippen LogP contribution is 2.23. The van der Waals surface area contributed by atoms with E-state index in [2.05, 4.69) is 48.4 Å². The van der Waals surface area contributed by atoms with E-state index in [4.69, 9.17) is 9.26 Å². The average Bonchev–Trinajstić information content (AvgIpc) is 2.92. The van der Waals surface area contributed by atoms with Gasteiger partial charge in [-0.1, -0.05) is 36.7 Å². The Labute approximate surface area is 125 Å². The largest absolute Gasteiger partial charge is 0.376 e. The van der Waals surface area contributed by atoms with Gasteiger partial charge in [-0.15, -0.1) is 0 Å². The minimum Gasteiger partial charge on any atom is -0.376 e. The second-order valence-corrected chi connectivity index (χ2v) is 5.39. The van der Waals surface area contributed by atoms with Crippen LogP contribution in [-0.2, 0) is 11.3 Å². The zero-order valence-electron chi connectivity index (χ0n) is 13.1. The number of ether oxygens (including phenoxy) is 1. The average molecular weight is 289 g/mol. The summed E-state index contributed by atoms with van der Waals surface area (Å²) in [7, 11) is 0. The molecule has 2 aromatic rings. The maximum Gasteiger partial charge on any atom is 0.246 e. The number of nitrogens with one attached hydrogen (secondary N) is 1. The van der Waals surface area contributed by atoms with Gasteiger partial charge in [-0.25, -0.2) is 0 Å². The summed E-state index contributed by atoms with van der Waals surface area (Å²) in [5, 5.41) is 7.30. The summed E-state index contributed by atoms with van der Waals surface area (Å²) in [6.07, 6.45) is -0.119. The molecular formula is C16H23N3O2. The Bertz CT molecular complexity index is 549. The van der Waals surface area contributed by atoms with Crippen LogP contribution < -0.4 is 5.32 Å². The van der Waals surface area contributed by atoms with Crippen LogP contribution >= 0.6 is 0 Å². The number of benzene rings is 1. The standard InChI is InChI=1S/C16H23N3O2/c1-5-20-15(11(2)3)16-18-14(21-19-16)10-17-13-8-6-12(4)7-9-13/h6-9,11,15,17H,5,10H2,1-4H3. The Balaban J connectivity index is 1.97. The van der Waals surface area contributed by atoms with Gasteiger partial charge in [0.05, 0.1) is 6.54 Å². The summed E-state index contributed by atoms with van der Waals surface area (Å²) in [4.78, 5) is 4.42. The van der Waals surface area contributed by atoms with Crippen LogP contribution in [0.25, 0.3) is 0 Å². The second-order valence-electron chi connectivity index (χ2n) is 5.39. The van der Waals surface area contributed by atoms with E-state index < -0.39 is 0 Å². The SMILES string of the molecule is CCOC(c1noc(CNc2ccc(C)cc2)n1)C(C)C. The third-order valence-electron chi connectivity index (χ3n) is 3.19. The molecule has 0 spiro atoms. The van der Waals surface area contributed by atoms with Crippen LogP contribution in [0.2, 0.25) is 0 Å². The Hall–Kier alpha value is -1.88. The molecule has 2 rings (SSSR count). The summed E-state index contributed by atoms with van der Waals surface area (Å²) in [5.41, 5.74) is 2.27. The topological polar surface area (TPSA) is 60.2 Å². The third-order valence-corrected chi connectivity index (χ3v) is 3.19. The summed E-state index contributed by atoms with van der Waals surface area (Å²) < 4.78 is 11.0. The van der Waals surface area contributed by atoms with Gasteiger partial charge in [-0.3, -0.25) is 0 Å².